The van der Waals surface area contributed by atoms with E-state index < -0.39 is 5.97 Å². The predicted molar refractivity (Wildman–Crippen MR) is 68.2 cm³/mol. The molecule has 0 radical (unpaired) electrons. The first kappa shape index (κ1) is 12.9. The number of hydrogen-bond donors (Lipinski definition) is 0. The highest BCUT2D eigenvalue weighted by atomic mass is 16.6. The van der Waals surface area contributed by atoms with Crippen molar-refractivity contribution < 1.29 is 19.1 Å². The molecule has 0 aliphatic heterocycles. The summed E-state index contributed by atoms with van der Waals surface area (Å²) < 4.78 is 10.0. The first-order valence-corrected chi connectivity index (χ1v) is 7.44. The van der Waals surface area contributed by atoms with Gasteiger partial charge in [0.2, 0.25) is 0 Å². The van der Waals surface area contributed by atoms with Gasteiger partial charge in [-0.1, -0.05) is 0 Å². The van der Waals surface area contributed by atoms with Crippen molar-refractivity contribution in [2.24, 2.45) is 23.2 Å². The van der Waals surface area contributed by atoms with Gasteiger partial charge in [0.25, 0.3) is 0 Å². The van der Waals surface area contributed by atoms with E-state index in [1.165, 1.54) is 19.3 Å². The average molecular weight is 266 g/mol. The Labute approximate surface area is 113 Å². The van der Waals surface area contributed by atoms with Crippen LogP contribution in [0, 0.1) is 23.2 Å². The quantitative estimate of drug-likeness (QED) is 0.733. The second kappa shape index (κ2) is 4.80. The maximum absolute atomic E-state index is 12.4. The summed E-state index contributed by atoms with van der Waals surface area (Å²) in [5.41, 5.74) is -0.277. The van der Waals surface area contributed by atoms with E-state index in [1.807, 2.05) is 0 Å². The maximum Gasteiger partial charge on any atom is 0.344 e. The highest BCUT2D eigenvalue weighted by Gasteiger charge is 2.55. The van der Waals surface area contributed by atoms with Crippen LogP contribution in [0.15, 0.2) is 0 Å². The fraction of sp³-hybridized carbons (Fsp3) is 0.867. The lowest BCUT2D eigenvalue weighted by Gasteiger charge is -2.55. The Morgan fingerprint density at radius 3 is 2.00 bits per heavy atom. The van der Waals surface area contributed by atoms with Gasteiger partial charge in [-0.2, -0.15) is 0 Å². The number of carbonyl (C=O) groups is 2. The van der Waals surface area contributed by atoms with E-state index in [4.69, 9.17) is 9.47 Å². The minimum Gasteiger partial charge on any atom is -0.463 e. The lowest BCUT2D eigenvalue weighted by molar-refractivity contribution is -0.177. The van der Waals surface area contributed by atoms with Crippen molar-refractivity contribution in [3.05, 3.63) is 0 Å². The smallest absolute Gasteiger partial charge is 0.344 e. The third-order valence-corrected chi connectivity index (χ3v) is 5.10. The van der Waals surface area contributed by atoms with Crippen LogP contribution in [-0.2, 0) is 19.1 Å². The molecule has 4 aliphatic carbocycles. The van der Waals surface area contributed by atoms with E-state index in [2.05, 4.69) is 0 Å². The molecule has 4 aliphatic rings. The molecule has 4 bridgehead atoms. The van der Waals surface area contributed by atoms with Gasteiger partial charge in [0.1, 0.15) is 0 Å². The van der Waals surface area contributed by atoms with Crippen LogP contribution in [0.25, 0.3) is 0 Å². The highest BCUT2D eigenvalue weighted by molar-refractivity contribution is 5.81. The van der Waals surface area contributed by atoms with Crippen molar-refractivity contribution in [3.8, 4) is 0 Å². The molecule has 0 heterocycles. The number of ether oxygens (including phenoxy) is 2. The topological polar surface area (TPSA) is 52.6 Å². The zero-order valence-electron chi connectivity index (χ0n) is 11.5. The van der Waals surface area contributed by atoms with Crippen LogP contribution in [-0.4, -0.2) is 25.2 Å². The second-order valence-corrected chi connectivity index (χ2v) is 6.58. The third-order valence-electron chi connectivity index (χ3n) is 5.10. The van der Waals surface area contributed by atoms with Crippen LogP contribution in [0.2, 0.25) is 0 Å². The van der Waals surface area contributed by atoms with Gasteiger partial charge in [-0.05, 0) is 63.2 Å². The number of esters is 2. The molecular formula is C15H22O4. The summed E-state index contributed by atoms with van der Waals surface area (Å²) in [5, 5.41) is 0. The lowest BCUT2D eigenvalue weighted by Crippen LogP contribution is -2.50. The Balaban J connectivity index is 1.61. The summed E-state index contributed by atoms with van der Waals surface area (Å²) in [7, 11) is 0. The van der Waals surface area contributed by atoms with Crippen molar-refractivity contribution in [2.75, 3.05) is 13.2 Å². The molecule has 4 saturated carbocycles. The minimum absolute atomic E-state index is 0.153. The van der Waals surface area contributed by atoms with Crippen molar-refractivity contribution >= 4 is 11.9 Å². The summed E-state index contributed by atoms with van der Waals surface area (Å²) in [6.45, 7) is 1.85. The van der Waals surface area contributed by atoms with E-state index in [9.17, 15) is 9.59 Å². The van der Waals surface area contributed by atoms with Crippen LogP contribution >= 0.6 is 0 Å². The van der Waals surface area contributed by atoms with E-state index >= 15 is 0 Å². The molecule has 4 nitrogen and oxygen atoms in total. The fourth-order valence-electron chi connectivity index (χ4n) is 4.84. The zero-order chi connectivity index (χ0) is 13.5. The molecule has 0 saturated heterocycles. The normalized spacial score (nSPS) is 39.1. The maximum atomic E-state index is 12.4. The van der Waals surface area contributed by atoms with Gasteiger partial charge in [0, 0.05) is 0 Å². The highest BCUT2D eigenvalue weighted by Crippen LogP contribution is 2.60. The van der Waals surface area contributed by atoms with Gasteiger partial charge in [-0.15, -0.1) is 0 Å². The van der Waals surface area contributed by atoms with Crippen LogP contribution < -0.4 is 0 Å². The standard InChI is InChI=1S/C15H22O4/c1-2-18-13(16)9-19-14(17)15-6-10-3-11(7-15)5-12(4-10)8-15/h10-12H,2-9H2,1H3. The zero-order valence-corrected chi connectivity index (χ0v) is 11.5. The third kappa shape index (κ3) is 2.37. The largest absolute Gasteiger partial charge is 0.463 e. The van der Waals surface area contributed by atoms with Gasteiger partial charge in [-0.3, -0.25) is 4.79 Å². The predicted octanol–water partition coefficient (Wildman–Crippen LogP) is 2.31. The summed E-state index contributed by atoms with van der Waals surface area (Å²) in [5.74, 6) is 1.53. The van der Waals surface area contributed by atoms with E-state index in [0.717, 1.165) is 19.3 Å². The van der Waals surface area contributed by atoms with E-state index in [0.29, 0.717) is 24.4 Å². The van der Waals surface area contributed by atoms with Crippen molar-refractivity contribution in [2.45, 2.75) is 45.4 Å². The molecule has 0 aromatic heterocycles. The van der Waals surface area contributed by atoms with Crippen molar-refractivity contribution in [3.63, 3.8) is 0 Å². The molecule has 0 atom stereocenters. The van der Waals surface area contributed by atoms with Gasteiger partial charge in [-0.25, -0.2) is 4.79 Å². The SMILES string of the molecule is CCOC(=O)COC(=O)C12CC3CC(CC(C3)C1)C2. The molecule has 4 heteroatoms. The number of hydrogen-bond acceptors (Lipinski definition) is 4. The van der Waals surface area contributed by atoms with E-state index in [-0.39, 0.29) is 18.0 Å². The lowest BCUT2D eigenvalue weighted by atomic mass is 9.49. The first-order chi connectivity index (χ1) is 9.11. The van der Waals surface area contributed by atoms with Crippen LogP contribution in [0.4, 0.5) is 0 Å². The van der Waals surface area contributed by atoms with E-state index in [1.54, 1.807) is 6.92 Å². The molecule has 0 spiro atoms. The van der Waals surface area contributed by atoms with Crippen molar-refractivity contribution in [1.29, 1.82) is 0 Å². The molecule has 4 rings (SSSR count). The second-order valence-electron chi connectivity index (χ2n) is 6.58. The van der Waals surface area contributed by atoms with Gasteiger partial charge >= 0.3 is 11.9 Å². The van der Waals surface area contributed by atoms with Crippen LogP contribution in [0.3, 0.4) is 0 Å². The average Bonchev–Trinajstić information content (AvgIpc) is 2.34. The molecule has 106 valence electrons. The van der Waals surface area contributed by atoms with Crippen LogP contribution in [0.5, 0.6) is 0 Å². The molecule has 0 aromatic carbocycles. The first-order valence-electron chi connectivity index (χ1n) is 7.44. The monoisotopic (exact) mass is 266 g/mol. The Hall–Kier alpha value is -1.06. The molecule has 0 aromatic rings. The Morgan fingerprint density at radius 2 is 1.53 bits per heavy atom. The summed E-state index contributed by atoms with van der Waals surface area (Å²) in [6.07, 6.45) is 6.81. The summed E-state index contributed by atoms with van der Waals surface area (Å²) in [4.78, 5) is 23.7. The Bertz CT molecular complexity index is 352. The van der Waals surface area contributed by atoms with Crippen LogP contribution in [0.1, 0.15) is 45.4 Å². The van der Waals surface area contributed by atoms with Crippen molar-refractivity contribution in [1.82, 2.24) is 0 Å². The summed E-state index contributed by atoms with van der Waals surface area (Å²) in [6, 6.07) is 0. The molecule has 4 fully saturated rings. The molecular weight excluding hydrogens is 244 g/mol. The molecule has 0 unspecified atom stereocenters. The minimum atomic E-state index is -0.444. The number of carbonyl (C=O) groups excluding carboxylic acids is 2. The van der Waals surface area contributed by atoms with Gasteiger partial charge < -0.3 is 9.47 Å². The van der Waals surface area contributed by atoms with Gasteiger partial charge in [0.05, 0.1) is 12.0 Å². The molecule has 19 heavy (non-hydrogen) atoms. The Morgan fingerprint density at radius 1 is 1.00 bits per heavy atom. The summed E-state index contributed by atoms with van der Waals surface area (Å²) >= 11 is 0. The fourth-order valence-corrected chi connectivity index (χ4v) is 4.84. The Kier molecular flexibility index (Phi) is 3.27. The van der Waals surface area contributed by atoms with Gasteiger partial charge in [0.15, 0.2) is 6.61 Å². The number of rotatable bonds is 4. The molecule has 0 amide bonds. The molecule has 0 N–H and O–H groups in total.